The maximum absolute atomic E-state index is 10.1. The van der Waals surface area contributed by atoms with E-state index < -0.39 is 16.4 Å². The van der Waals surface area contributed by atoms with Crippen molar-refractivity contribution in [2.75, 3.05) is 0 Å². The molecule has 0 spiro atoms. The summed E-state index contributed by atoms with van der Waals surface area (Å²) in [5.41, 5.74) is 0. The summed E-state index contributed by atoms with van der Waals surface area (Å²) in [6.45, 7) is 1.65. The topological polar surface area (TPSA) is 37.3 Å². The molecule has 1 unspecified atom stereocenters. The summed E-state index contributed by atoms with van der Waals surface area (Å²) < 4.78 is -0.275. The number of rotatable bonds is 3. The van der Waals surface area contributed by atoms with Gasteiger partial charge in [-0.25, -0.2) is 0 Å². The zero-order chi connectivity index (χ0) is 8.36. The fraction of sp³-hybridized carbons (Fsp3) is 0.750. The van der Waals surface area contributed by atoms with Crippen LogP contribution in [0.3, 0.4) is 0 Å². The van der Waals surface area contributed by atoms with Crippen molar-refractivity contribution < 1.29 is 9.90 Å². The van der Waals surface area contributed by atoms with Crippen molar-refractivity contribution in [3.63, 3.8) is 0 Å². The second-order valence-electron chi connectivity index (χ2n) is 2.04. The van der Waals surface area contributed by atoms with Gasteiger partial charge in [0.1, 0.15) is 0 Å². The molecule has 6 heteroatoms. The summed E-state index contributed by atoms with van der Waals surface area (Å²) in [6.07, 6.45) is -0.0451. The van der Waals surface area contributed by atoms with E-state index in [-0.39, 0.29) is 11.2 Å². The summed E-state index contributed by atoms with van der Waals surface area (Å²) in [7, 11) is 13.5. The van der Waals surface area contributed by atoms with Gasteiger partial charge in [0.15, 0.2) is 0 Å². The molecule has 0 bridgehead atoms. The van der Waals surface area contributed by atoms with Gasteiger partial charge in [-0.15, -0.1) is 0 Å². The van der Waals surface area contributed by atoms with Crippen LogP contribution in [0.1, 0.15) is 13.3 Å². The van der Waals surface area contributed by atoms with E-state index in [9.17, 15) is 4.79 Å². The van der Waals surface area contributed by atoms with E-state index in [1.165, 1.54) is 0 Å². The summed E-state index contributed by atoms with van der Waals surface area (Å²) in [5.74, 6) is -0.913. The van der Waals surface area contributed by atoms with E-state index >= 15 is 0 Å². The fourth-order valence-corrected chi connectivity index (χ4v) is 2.43. The van der Waals surface area contributed by atoms with Gasteiger partial charge in [-0.2, -0.15) is 0 Å². The zero-order valence-corrected chi connectivity index (χ0v) is 9.64. The molecule has 0 aliphatic rings. The molecule has 0 aromatic carbocycles. The standard InChI is InChI=1S/C4H7Cl3GeO2/c1-3(2-4(9)10)8(5,6)7/h3H,2H2,1H3,(H,9,10). The quantitative estimate of drug-likeness (QED) is 0.797. The predicted octanol–water partition coefficient (Wildman–Crippen LogP) is 2.51. The second kappa shape index (κ2) is 4.05. The van der Waals surface area contributed by atoms with E-state index in [2.05, 4.69) is 0 Å². The van der Waals surface area contributed by atoms with Crippen molar-refractivity contribution in [3.8, 4) is 0 Å². The molecule has 10 heavy (non-hydrogen) atoms. The Labute approximate surface area is 74.4 Å². The van der Waals surface area contributed by atoms with Crippen molar-refractivity contribution in [1.29, 1.82) is 0 Å². The van der Waals surface area contributed by atoms with E-state index in [4.69, 9.17) is 35.1 Å². The van der Waals surface area contributed by atoms with E-state index in [0.29, 0.717) is 0 Å². The minimum absolute atomic E-state index is 0.0451. The Bertz CT molecular complexity index is 133. The Morgan fingerprint density at radius 3 is 2.10 bits per heavy atom. The van der Waals surface area contributed by atoms with Gasteiger partial charge >= 0.3 is 74.5 Å². The first-order valence-electron chi connectivity index (χ1n) is 2.62. The number of carboxylic acids is 1. The van der Waals surface area contributed by atoms with E-state index in [0.717, 1.165) is 0 Å². The molecule has 1 atom stereocenters. The monoisotopic (exact) mass is 266 g/mol. The van der Waals surface area contributed by atoms with Crippen LogP contribution >= 0.6 is 30.0 Å². The molecule has 0 aromatic heterocycles. The zero-order valence-electron chi connectivity index (χ0n) is 5.27. The molecule has 0 rings (SSSR count). The van der Waals surface area contributed by atoms with Crippen LogP contribution in [0.2, 0.25) is 4.75 Å². The molecule has 0 aliphatic heterocycles. The van der Waals surface area contributed by atoms with Crippen LogP contribution < -0.4 is 0 Å². The first-order chi connectivity index (χ1) is 4.34. The maximum atomic E-state index is 10.1. The van der Waals surface area contributed by atoms with Gasteiger partial charge < -0.3 is 0 Å². The summed E-state index contributed by atoms with van der Waals surface area (Å²) in [6, 6.07) is 0. The van der Waals surface area contributed by atoms with E-state index in [1.54, 1.807) is 6.92 Å². The molecule has 60 valence electrons. The minimum atomic E-state index is -3.25. The number of carbonyl (C=O) groups is 1. The van der Waals surface area contributed by atoms with Crippen LogP contribution in [0.5, 0.6) is 0 Å². The van der Waals surface area contributed by atoms with Gasteiger partial charge in [-0.05, 0) is 0 Å². The Hall–Kier alpha value is 0.883. The molecule has 0 saturated carbocycles. The van der Waals surface area contributed by atoms with Crippen molar-refractivity contribution in [2.45, 2.75) is 18.1 Å². The third kappa shape index (κ3) is 4.66. The number of hydrogen-bond acceptors (Lipinski definition) is 1. The second-order valence-corrected chi connectivity index (χ2v) is 18.7. The van der Waals surface area contributed by atoms with Crippen LogP contribution in [0.4, 0.5) is 0 Å². The Balaban J connectivity index is 3.85. The van der Waals surface area contributed by atoms with Crippen molar-refractivity contribution in [3.05, 3.63) is 0 Å². The Morgan fingerprint density at radius 1 is 1.60 bits per heavy atom. The number of hydrogen-bond donors (Lipinski definition) is 1. The third-order valence-corrected chi connectivity index (χ3v) is 9.62. The molecule has 0 fully saturated rings. The van der Waals surface area contributed by atoms with Crippen molar-refractivity contribution in [2.24, 2.45) is 0 Å². The van der Waals surface area contributed by atoms with Gasteiger partial charge in [-0.3, -0.25) is 0 Å². The van der Waals surface area contributed by atoms with Crippen LogP contribution in [0, 0.1) is 0 Å². The molecule has 2 nitrogen and oxygen atoms in total. The third-order valence-electron chi connectivity index (χ3n) is 1.04. The van der Waals surface area contributed by atoms with Crippen molar-refractivity contribution in [1.82, 2.24) is 0 Å². The first kappa shape index (κ1) is 10.9. The summed E-state index contributed by atoms with van der Waals surface area (Å²) in [4.78, 5) is 10.1. The number of halogens is 3. The van der Waals surface area contributed by atoms with Crippen LogP contribution in [0.25, 0.3) is 0 Å². The first-order valence-corrected chi connectivity index (χ1v) is 12.1. The Morgan fingerprint density at radius 2 is 2.00 bits per heavy atom. The van der Waals surface area contributed by atoms with Gasteiger partial charge in [-0.1, -0.05) is 0 Å². The summed E-state index contributed by atoms with van der Waals surface area (Å²) >= 11 is 0. The molecule has 0 radical (unpaired) electrons. The molecular formula is C4H7Cl3GeO2. The summed E-state index contributed by atoms with van der Waals surface area (Å²) in [5, 5.41) is 8.30. The molecule has 1 N–H and O–H groups in total. The van der Waals surface area contributed by atoms with Gasteiger partial charge in [0.05, 0.1) is 0 Å². The van der Waals surface area contributed by atoms with Crippen LogP contribution in [0.15, 0.2) is 0 Å². The average molecular weight is 266 g/mol. The van der Waals surface area contributed by atoms with Crippen molar-refractivity contribution >= 4 is 46.5 Å². The normalized spacial score (nSPS) is 14.8. The van der Waals surface area contributed by atoms with Gasteiger partial charge in [0.2, 0.25) is 0 Å². The molecule has 0 saturated heterocycles. The van der Waals surface area contributed by atoms with Crippen LogP contribution in [-0.4, -0.2) is 21.6 Å². The van der Waals surface area contributed by atoms with E-state index in [1.807, 2.05) is 0 Å². The van der Waals surface area contributed by atoms with Gasteiger partial charge in [0, 0.05) is 0 Å². The number of carboxylic acid groups (broad SMARTS) is 1. The number of aliphatic carboxylic acids is 1. The van der Waals surface area contributed by atoms with Gasteiger partial charge in [0.25, 0.3) is 0 Å². The van der Waals surface area contributed by atoms with Crippen LogP contribution in [-0.2, 0) is 4.79 Å². The predicted molar refractivity (Wildman–Crippen MR) is 45.0 cm³/mol. The average Bonchev–Trinajstić information content (AvgIpc) is 1.60. The Kier molecular flexibility index (Phi) is 4.40. The molecule has 0 heterocycles. The molecule has 0 amide bonds. The SMILES string of the molecule is C[CH](CC(=O)O)[Ge]([Cl])([Cl])[Cl]. The molecular weight excluding hydrogens is 259 g/mol. The molecule has 0 aromatic rings. The molecule has 0 aliphatic carbocycles. The fourth-order valence-electron chi connectivity index (χ4n) is 0.378.